The summed E-state index contributed by atoms with van der Waals surface area (Å²) in [6.07, 6.45) is 0.443. The van der Waals surface area contributed by atoms with Crippen molar-refractivity contribution in [1.82, 2.24) is 4.90 Å². The Morgan fingerprint density at radius 3 is 2.11 bits per heavy atom. The third-order valence-corrected chi connectivity index (χ3v) is 4.60. The van der Waals surface area contributed by atoms with Gasteiger partial charge < -0.3 is 4.90 Å². The summed E-state index contributed by atoms with van der Waals surface area (Å²) in [6.45, 7) is 13.9. The molecule has 1 aromatic rings. The number of nitrogens with zero attached hydrogens (tertiary/aromatic N) is 2. The molecule has 2 unspecified atom stereocenters. The smallest absolute Gasteiger partial charge is 0.0873 e. The summed E-state index contributed by atoms with van der Waals surface area (Å²) < 4.78 is 0. The largest absolute Gasteiger partial charge is 0.351 e. The van der Waals surface area contributed by atoms with Crippen LogP contribution in [0.15, 0.2) is 24.3 Å². The van der Waals surface area contributed by atoms with Crippen LogP contribution < -0.4 is 4.90 Å². The van der Waals surface area contributed by atoms with Crippen LogP contribution in [-0.4, -0.2) is 30.2 Å². The maximum atomic E-state index is 2.61. The van der Waals surface area contributed by atoms with Gasteiger partial charge in [-0.3, -0.25) is 4.90 Å². The van der Waals surface area contributed by atoms with Crippen LogP contribution >= 0.6 is 0 Å². The molecule has 1 aliphatic rings. The zero-order valence-corrected chi connectivity index (χ0v) is 13.4. The SMILES string of the molecule is Cc1ccccc1N1C(C(C)(C)C)N(C)C(C)[C@@H]1C. The Morgan fingerprint density at radius 2 is 1.58 bits per heavy atom. The number of para-hydroxylation sites is 1. The van der Waals surface area contributed by atoms with Crippen LogP contribution in [0.1, 0.15) is 40.2 Å². The van der Waals surface area contributed by atoms with Crippen molar-refractivity contribution in [3.8, 4) is 0 Å². The lowest BCUT2D eigenvalue weighted by Gasteiger charge is -2.41. The molecule has 2 rings (SSSR count). The Balaban J connectivity index is 2.49. The molecule has 2 heteroatoms. The summed E-state index contributed by atoms with van der Waals surface area (Å²) in [5.41, 5.74) is 2.98. The number of benzene rings is 1. The maximum Gasteiger partial charge on any atom is 0.0873 e. The average molecular weight is 260 g/mol. The van der Waals surface area contributed by atoms with Gasteiger partial charge >= 0.3 is 0 Å². The van der Waals surface area contributed by atoms with Gasteiger partial charge in [-0.15, -0.1) is 0 Å². The van der Waals surface area contributed by atoms with E-state index in [-0.39, 0.29) is 5.41 Å². The van der Waals surface area contributed by atoms with Gasteiger partial charge in [-0.1, -0.05) is 39.0 Å². The molecule has 0 spiro atoms. The monoisotopic (exact) mass is 260 g/mol. The van der Waals surface area contributed by atoms with E-state index in [4.69, 9.17) is 0 Å². The van der Waals surface area contributed by atoms with Gasteiger partial charge in [0.05, 0.1) is 6.17 Å². The molecule has 0 bridgehead atoms. The number of hydrogen-bond donors (Lipinski definition) is 0. The molecule has 0 aliphatic carbocycles. The maximum absolute atomic E-state index is 2.61. The van der Waals surface area contributed by atoms with Gasteiger partial charge in [-0.25, -0.2) is 0 Å². The second kappa shape index (κ2) is 4.82. The van der Waals surface area contributed by atoms with Gasteiger partial charge in [0.1, 0.15) is 0 Å². The Hall–Kier alpha value is -1.02. The molecule has 3 atom stereocenters. The molecule has 1 fully saturated rings. The quantitative estimate of drug-likeness (QED) is 0.755. The van der Waals surface area contributed by atoms with Crippen molar-refractivity contribution >= 4 is 5.69 Å². The van der Waals surface area contributed by atoms with Crippen LogP contribution in [-0.2, 0) is 0 Å². The van der Waals surface area contributed by atoms with E-state index < -0.39 is 0 Å². The van der Waals surface area contributed by atoms with Crippen molar-refractivity contribution in [2.75, 3.05) is 11.9 Å². The first-order valence-electron chi connectivity index (χ1n) is 7.31. The minimum Gasteiger partial charge on any atom is -0.351 e. The molecule has 0 amide bonds. The van der Waals surface area contributed by atoms with Gasteiger partial charge in [0.2, 0.25) is 0 Å². The minimum absolute atomic E-state index is 0.232. The minimum atomic E-state index is 0.232. The topological polar surface area (TPSA) is 6.48 Å². The third-order valence-electron chi connectivity index (χ3n) is 4.60. The van der Waals surface area contributed by atoms with E-state index in [1.54, 1.807) is 0 Å². The van der Waals surface area contributed by atoms with E-state index in [1.807, 2.05) is 0 Å². The molecular weight excluding hydrogens is 232 g/mol. The summed E-state index contributed by atoms with van der Waals surface area (Å²) in [6, 6.07) is 9.86. The summed E-state index contributed by atoms with van der Waals surface area (Å²) >= 11 is 0. The van der Waals surface area contributed by atoms with Crippen molar-refractivity contribution in [3.05, 3.63) is 29.8 Å². The second-order valence-electron chi connectivity index (χ2n) is 7.08. The van der Waals surface area contributed by atoms with E-state index in [0.29, 0.717) is 18.2 Å². The predicted molar refractivity (Wildman–Crippen MR) is 83.6 cm³/mol. The number of likely N-dealkylation sites (N-methyl/N-ethyl adjacent to an activating group) is 1. The Kier molecular flexibility index (Phi) is 3.65. The Morgan fingerprint density at radius 1 is 1.00 bits per heavy atom. The summed E-state index contributed by atoms with van der Waals surface area (Å²) in [4.78, 5) is 5.14. The molecule has 1 heterocycles. The highest BCUT2D eigenvalue weighted by atomic mass is 15.4. The number of anilines is 1. The van der Waals surface area contributed by atoms with Crippen LogP contribution in [0.25, 0.3) is 0 Å². The standard InChI is InChI=1S/C17H28N2/c1-12-10-8-9-11-15(12)19-14(3)13(2)18(7)16(19)17(4,5)6/h8-11,13-14,16H,1-7H3/t13?,14-,16?/m0/s1. The summed E-state index contributed by atoms with van der Waals surface area (Å²) in [7, 11) is 2.26. The van der Waals surface area contributed by atoms with Gasteiger partial charge in [0.25, 0.3) is 0 Å². The first-order valence-corrected chi connectivity index (χ1v) is 7.31. The van der Waals surface area contributed by atoms with E-state index in [2.05, 4.69) is 82.7 Å². The molecule has 0 saturated carbocycles. The van der Waals surface area contributed by atoms with Crippen molar-refractivity contribution in [2.45, 2.75) is 59.8 Å². The lowest BCUT2D eigenvalue weighted by atomic mass is 9.90. The highest BCUT2D eigenvalue weighted by Crippen LogP contribution is 2.40. The van der Waals surface area contributed by atoms with Crippen LogP contribution in [0, 0.1) is 12.3 Å². The molecule has 0 aromatic heterocycles. The van der Waals surface area contributed by atoms with Gasteiger partial charge in [0.15, 0.2) is 0 Å². The van der Waals surface area contributed by atoms with E-state index >= 15 is 0 Å². The van der Waals surface area contributed by atoms with Crippen LogP contribution in [0.2, 0.25) is 0 Å². The van der Waals surface area contributed by atoms with Gasteiger partial charge in [-0.2, -0.15) is 0 Å². The Bertz CT molecular complexity index is 447. The predicted octanol–water partition coefficient (Wildman–Crippen LogP) is 3.90. The average Bonchev–Trinajstić information content (AvgIpc) is 2.54. The highest BCUT2D eigenvalue weighted by Gasteiger charge is 2.46. The first-order chi connectivity index (χ1) is 8.75. The highest BCUT2D eigenvalue weighted by molar-refractivity contribution is 5.56. The molecule has 0 radical (unpaired) electrons. The molecule has 2 nitrogen and oxygen atoms in total. The molecule has 106 valence electrons. The lowest BCUT2D eigenvalue weighted by Crippen LogP contribution is -2.48. The van der Waals surface area contributed by atoms with Crippen LogP contribution in [0.4, 0.5) is 5.69 Å². The van der Waals surface area contributed by atoms with Gasteiger partial charge in [0, 0.05) is 17.8 Å². The zero-order valence-electron chi connectivity index (χ0n) is 13.4. The Labute approximate surface area is 118 Å². The molecule has 19 heavy (non-hydrogen) atoms. The van der Waals surface area contributed by atoms with Crippen molar-refractivity contribution < 1.29 is 0 Å². The van der Waals surface area contributed by atoms with E-state index in [1.165, 1.54) is 11.3 Å². The first kappa shape index (κ1) is 14.4. The molecule has 1 aliphatic heterocycles. The molecule has 0 N–H and O–H groups in total. The summed E-state index contributed by atoms with van der Waals surface area (Å²) in [5, 5.41) is 0. The van der Waals surface area contributed by atoms with Crippen LogP contribution in [0.5, 0.6) is 0 Å². The lowest BCUT2D eigenvalue weighted by molar-refractivity contribution is 0.144. The second-order valence-corrected chi connectivity index (χ2v) is 7.08. The fourth-order valence-corrected chi connectivity index (χ4v) is 3.45. The fourth-order valence-electron chi connectivity index (χ4n) is 3.45. The van der Waals surface area contributed by atoms with Crippen molar-refractivity contribution in [2.24, 2.45) is 5.41 Å². The third kappa shape index (κ3) is 2.38. The summed E-state index contributed by atoms with van der Waals surface area (Å²) in [5.74, 6) is 0. The molecule has 1 saturated heterocycles. The van der Waals surface area contributed by atoms with E-state index in [9.17, 15) is 0 Å². The van der Waals surface area contributed by atoms with Crippen molar-refractivity contribution in [1.29, 1.82) is 0 Å². The normalized spacial score (nSPS) is 29.0. The van der Waals surface area contributed by atoms with E-state index in [0.717, 1.165) is 0 Å². The van der Waals surface area contributed by atoms with Crippen LogP contribution in [0.3, 0.4) is 0 Å². The number of aryl methyl sites for hydroxylation is 1. The van der Waals surface area contributed by atoms with Gasteiger partial charge in [-0.05, 0) is 44.9 Å². The fraction of sp³-hybridized carbons (Fsp3) is 0.647. The number of rotatable bonds is 1. The van der Waals surface area contributed by atoms with Crippen molar-refractivity contribution in [3.63, 3.8) is 0 Å². The zero-order chi connectivity index (χ0) is 14.4. The molecular formula is C17H28N2. The molecule has 1 aromatic carbocycles. The number of hydrogen-bond acceptors (Lipinski definition) is 2.